The SMILES string of the molecule is CC(C)=CCN1CCC(NCC2CC2(C)C)CC1. The van der Waals surface area contributed by atoms with Crippen molar-refractivity contribution >= 4 is 0 Å². The van der Waals surface area contributed by atoms with Crippen LogP contribution in [-0.4, -0.2) is 37.1 Å². The van der Waals surface area contributed by atoms with E-state index in [0.717, 1.165) is 18.5 Å². The quantitative estimate of drug-likeness (QED) is 0.755. The summed E-state index contributed by atoms with van der Waals surface area (Å²) in [5.41, 5.74) is 2.06. The number of allylic oxidation sites excluding steroid dienone is 1. The van der Waals surface area contributed by atoms with E-state index in [9.17, 15) is 0 Å². The molecule has 1 aliphatic heterocycles. The first-order valence-electron chi connectivity index (χ1n) is 7.56. The maximum Gasteiger partial charge on any atom is 0.0165 e. The smallest absolute Gasteiger partial charge is 0.0165 e. The van der Waals surface area contributed by atoms with Gasteiger partial charge in [-0.2, -0.15) is 0 Å². The molecule has 0 aromatic carbocycles. The lowest BCUT2D eigenvalue weighted by atomic mass is 10.0. The zero-order valence-electron chi connectivity index (χ0n) is 12.6. The second-order valence-electron chi connectivity index (χ2n) is 7.15. The molecule has 1 atom stereocenters. The van der Waals surface area contributed by atoms with Crippen molar-refractivity contribution < 1.29 is 0 Å². The zero-order valence-corrected chi connectivity index (χ0v) is 12.6. The van der Waals surface area contributed by atoms with Crippen LogP contribution in [0.15, 0.2) is 11.6 Å². The van der Waals surface area contributed by atoms with Crippen LogP contribution in [0.3, 0.4) is 0 Å². The van der Waals surface area contributed by atoms with E-state index in [0.29, 0.717) is 5.41 Å². The van der Waals surface area contributed by atoms with Gasteiger partial charge in [0.1, 0.15) is 0 Å². The minimum atomic E-state index is 0.622. The standard InChI is InChI=1S/C16H30N2/c1-13(2)5-8-18-9-6-15(7-10-18)17-12-14-11-16(14,3)4/h5,14-15,17H,6-12H2,1-4H3. The molecule has 0 radical (unpaired) electrons. The molecule has 2 heteroatoms. The van der Waals surface area contributed by atoms with E-state index in [1.165, 1.54) is 44.5 Å². The monoisotopic (exact) mass is 250 g/mol. The summed E-state index contributed by atoms with van der Waals surface area (Å²) in [5.74, 6) is 0.932. The van der Waals surface area contributed by atoms with Gasteiger partial charge in [-0.25, -0.2) is 0 Å². The highest BCUT2D eigenvalue weighted by Crippen LogP contribution is 2.51. The second kappa shape index (κ2) is 5.75. The molecular formula is C16H30N2. The van der Waals surface area contributed by atoms with Crippen LogP contribution in [0.1, 0.15) is 47.0 Å². The van der Waals surface area contributed by atoms with Crippen molar-refractivity contribution in [3.8, 4) is 0 Å². The molecule has 0 bridgehead atoms. The van der Waals surface area contributed by atoms with Crippen molar-refractivity contribution in [2.45, 2.75) is 53.0 Å². The number of likely N-dealkylation sites (tertiary alicyclic amines) is 1. The summed E-state index contributed by atoms with van der Waals surface area (Å²) in [7, 11) is 0. The molecule has 0 amide bonds. The molecule has 2 nitrogen and oxygen atoms in total. The minimum Gasteiger partial charge on any atom is -0.314 e. The van der Waals surface area contributed by atoms with Gasteiger partial charge in [0, 0.05) is 12.6 Å². The third-order valence-corrected chi connectivity index (χ3v) is 4.72. The summed E-state index contributed by atoms with van der Waals surface area (Å²) < 4.78 is 0. The molecule has 1 unspecified atom stereocenters. The van der Waals surface area contributed by atoms with Gasteiger partial charge >= 0.3 is 0 Å². The Bertz CT molecular complexity index is 294. The largest absolute Gasteiger partial charge is 0.314 e. The van der Waals surface area contributed by atoms with Crippen molar-refractivity contribution in [2.24, 2.45) is 11.3 Å². The first-order valence-corrected chi connectivity index (χ1v) is 7.56. The molecule has 1 aliphatic carbocycles. The fraction of sp³-hybridized carbons (Fsp3) is 0.875. The van der Waals surface area contributed by atoms with Crippen LogP contribution in [0.2, 0.25) is 0 Å². The molecule has 0 aromatic rings. The van der Waals surface area contributed by atoms with Gasteiger partial charge in [-0.15, -0.1) is 0 Å². The van der Waals surface area contributed by atoms with E-state index < -0.39 is 0 Å². The molecular weight excluding hydrogens is 220 g/mol. The van der Waals surface area contributed by atoms with E-state index in [-0.39, 0.29) is 0 Å². The third-order valence-electron chi connectivity index (χ3n) is 4.72. The van der Waals surface area contributed by atoms with Crippen LogP contribution in [0.5, 0.6) is 0 Å². The first-order chi connectivity index (χ1) is 8.47. The number of nitrogens with one attached hydrogen (secondary N) is 1. The summed E-state index contributed by atoms with van der Waals surface area (Å²) in [6.07, 6.45) is 6.41. The Kier molecular flexibility index (Phi) is 4.50. The van der Waals surface area contributed by atoms with Crippen LogP contribution < -0.4 is 5.32 Å². The topological polar surface area (TPSA) is 15.3 Å². The first kappa shape index (κ1) is 14.1. The van der Waals surface area contributed by atoms with E-state index in [1.54, 1.807) is 0 Å². The van der Waals surface area contributed by atoms with Crippen molar-refractivity contribution in [3.63, 3.8) is 0 Å². The summed E-state index contributed by atoms with van der Waals surface area (Å²) >= 11 is 0. The fourth-order valence-corrected chi connectivity index (χ4v) is 2.86. The van der Waals surface area contributed by atoms with Gasteiger partial charge in [-0.1, -0.05) is 25.5 Å². The van der Waals surface area contributed by atoms with Crippen LogP contribution in [0.25, 0.3) is 0 Å². The number of nitrogens with zero attached hydrogens (tertiary/aromatic N) is 1. The molecule has 1 saturated heterocycles. The van der Waals surface area contributed by atoms with E-state index >= 15 is 0 Å². The van der Waals surface area contributed by atoms with Crippen LogP contribution in [0, 0.1) is 11.3 Å². The average Bonchev–Trinajstić information content (AvgIpc) is 2.93. The van der Waals surface area contributed by atoms with Crippen molar-refractivity contribution in [1.82, 2.24) is 10.2 Å². The summed E-state index contributed by atoms with van der Waals surface area (Å²) in [6.45, 7) is 14.1. The molecule has 0 aromatic heterocycles. The summed E-state index contributed by atoms with van der Waals surface area (Å²) in [4.78, 5) is 2.58. The molecule has 2 fully saturated rings. The number of hydrogen-bond acceptors (Lipinski definition) is 2. The van der Waals surface area contributed by atoms with Gasteiger partial charge < -0.3 is 5.32 Å². The van der Waals surface area contributed by atoms with Crippen molar-refractivity contribution in [2.75, 3.05) is 26.2 Å². The lowest BCUT2D eigenvalue weighted by molar-refractivity contribution is 0.213. The van der Waals surface area contributed by atoms with E-state index in [1.807, 2.05) is 0 Å². The highest BCUT2D eigenvalue weighted by Gasteiger charge is 2.45. The van der Waals surface area contributed by atoms with Gasteiger partial charge in [-0.05, 0) is 64.1 Å². The number of hydrogen-bond donors (Lipinski definition) is 1. The highest BCUT2D eigenvalue weighted by molar-refractivity contribution is 4.98. The average molecular weight is 250 g/mol. The predicted molar refractivity (Wildman–Crippen MR) is 78.8 cm³/mol. The Labute approximate surface area is 113 Å². The molecule has 2 aliphatic rings. The van der Waals surface area contributed by atoms with E-state index in [4.69, 9.17) is 0 Å². The lowest BCUT2D eigenvalue weighted by Gasteiger charge is -2.32. The molecule has 2 rings (SSSR count). The normalized spacial score (nSPS) is 28.1. The van der Waals surface area contributed by atoms with Crippen LogP contribution >= 0.6 is 0 Å². The van der Waals surface area contributed by atoms with Gasteiger partial charge in [0.2, 0.25) is 0 Å². The number of piperidine rings is 1. The Morgan fingerprint density at radius 1 is 1.28 bits per heavy atom. The zero-order chi connectivity index (χ0) is 13.2. The second-order valence-corrected chi connectivity index (χ2v) is 7.15. The van der Waals surface area contributed by atoms with Gasteiger partial charge in [-0.3, -0.25) is 4.90 Å². The Hall–Kier alpha value is -0.340. The van der Waals surface area contributed by atoms with Crippen molar-refractivity contribution in [1.29, 1.82) is 0 Å². The molecule has 1 N–H and O–H groups in total. The van der Waals surface area contributed by atoms with E-state index in [2.05, 4.69) is 44.0 Å². The summed E-state index contributed by atoms with van der Waals surface area (Å²) in [6, 6.07) is 0.768. The lowest BCUT2D eigenvalue weighted by Crippen LogP contribution is -2.43. The third kappa shape index (κ3) is 4.10. The Morgan fingerprint density at radius 2 is 1.89 bits per heavy atom. The Morgan fingerprint density at radius 3 is 2.39 bits per heavy atom. The minimum absolute atomic E-state index is 0.622. The van der Waals surface area contributed by atoms with Crippen LogP contribution in [0.4, 0.5) is 0 Å². The molecule has 18 heavy (non-hydrogen) atoms. The maximum atomic E-state index is 3.78. The van der Waals surface area contributed by atoms with Gasteiger partial charge in [0.15, 0.2) is 0 Å². The predicted octanol–water partition coefficient (Wildman–Crippen LogP) is 3.05. The molecule has 1 saturated carbocycles. The molecule has 104 valence electrons. The maximum absolute atomic E-state index is 3.78. The summed E-state index contributed by atoms with van der Waals surface area (Å²) in [5, 5.41) is 3.78. The van der Waals surface area contributed by atoms with Gasteiger partial charge in [0.25, 0.3) is 0 Å². The number of rotatable bonds is 5. The Balaban J connectivity index is 1.60. The van der Waals surface area contributed by atoms with Crippen LogP contribution in [-0.2, 0) is 0 Å². The molecule has 1 heterocycles. The van der Waals surface area contributed by atoms with Gasteiger partial charge in [0.05, 0.1) is 0 Å². The van der Waals surface area contributed by atoms with Crippen molar-refractivity contribution in [3.05, 3.63) is 11.6 Å². The fourth-order valence-electron chi connectivity index (χ4n) is 2.86. The highest BCUT2D eigenvalue weighted by atomic mass is 15.1. The molecule has 0 spiro atoms.